The molecule has 0 radical (unpaired) electrons. The van der Waals surface area contributed by atoms with E-state index in [0.717, 1.165) is 0 Å². The minimum Gasteiger partial charge on any atom is -0.396 e. The van der Waals surface area contributed by atoms with E-state index < -0.39 is 20.2 Å². The maximum Gasteiger partial charge on any atom is 0.354 e. The van der Waals surface area contributed by atoms with Gasteiger partial charge in [-0.15, -0.1) is 37.9 Å². The number of carbonyl (C=O) groups excluding carboxylic acids is 1. The summed E-state index contributed by atoms with van der Waals surface area (Å²) in [5.41, 5.74) is -1.33. The molecule has 0 atom stereocenters. The van der Waals surface area contributed by atoms with Gasteiger partial charge in [0, 0.05) is 23.7 Å². The molecule has 0 aromatic carbocycles. The second-order valence-corrected chi connectivity index (χ2v) is 8.92. The van der Waals surface area contributed by atoms with Crippen LogP contribution >= 0.6 is 50.8 Å². The Morgan fingerprint density at radius 3 is 0.962 bits per heavy atom. The van der Waals surface area contributed by atoms with Crippen LogP contribution in [0.15, 0.2) is 0 Å². The van der Waals surface area contributed by atoms with Gasteiger partial charge in [0.1, 0.15) is 0 Å². The molecule has 26 heavy (non-hydrogen) atoms. The molecular formula is C14H32O8S4. The lowest BCUT2D eigenvalue weighted by atomic mass is 9.88. The van der Waals surface area contributed by atoms with E-state index in [2.05, 4.69) is 55.0 Å². The quantitative estimate of drug-likeness (QED) is 0.127. The zero-order chi connectivity index (χ0) is 21.4. The number of aliphatic hydroxyl groups excluding tert-OH is 6. The summed E-state index contributed by atoms with van der Waals surface area (Å²) in [6.07, 6.45) is 1.19. The Balaban J connectivity index is -0.000000306. The number of hydrogen-bond donors (Lipinski definition) is 10. The summed E-state index contributed by atoms with van der Waals surface area (Å²) in [5, 5.41) is 51.9. The van der Waals surface area contributed by atoms with Crippen LogP contribution in [0, 0.1) is 10.8 Å². The van der Waals surface area contributed by atoms with Crippen molar-refractivity contribution in [1.29, 1.82) is 0 Å². The molecule has 0 bridgehead atoms. The van der Waals surface area contributed by atoms with Crippen molar-refractivity contribution >= 4 is 56.8 Å². The number of hydrogen-bond acceptors (Lipinski definition) is 12. The van der Waals surface area contributed by atoms with E-state index in [1.54, 1.807) is 0 Å². The molecule has 0 heterocycles. The summed E-state index contributed by atoms with van der Waals surface area (Å²) in [4.78, 5) is 10.3. The molecule has 12 heteroatoms. The molecule has 160 valence electrons. The fourth-order valence-electron chi connectivity index (χ4n) is 1.03. The van der Waals surface area contributed by atoms with Gasteiger partial charge in [-0.05, 0) is 12.8 Å². The molecule has 0 rings (SSSR count). The van der Waals surface area contributed by atoms with Gasteiger partial charge in [0.05, 0.1) is 39.6 Å². The highest BCUT2D eigenvalue weighted by Crippen LogP contribution is 2.25. The van der Waals surface area contributed by atoms with Crippen LogP contribution in [0.4, 0.5) is 0 Å². The summed E-state index contributed by atoms with van der Waals surface area (Å²) in [6.45, 7) is 2.71. The topological polar surface area (TPSA) is 148 Å². The van der Waals surface area contributed by atoms with Crippen molar-refractivity contribution in [2.24, 2.45) is 10.8 Å². The fourth-order valence-corrected chi connectivity index (χ4v) is 1.52. The molecular weight excluding hydrogens is 424 g/mol. The van der Waals surface area contributed by atoms with E-state index in [-0.39, 0.29) is 39.6 Å². The Morgan fingerprint density at radius 2 is 0.962 bits per heavy atom. The van der Waals surface area contributed by atoms with Gasteiger partial charge in [-0.25, -0.2) is 4.79 Å². The first-order chi connectivity index (χ1) is 12.0. The van der Waals surface area contributed by atoms with Gasteiger partial charge in [-0.3, -0.25) is 0 Å². The van der Waals surface area contributed by atoms with Crippen LogP contribution in [0.25, 0.3) is 0 Å². The lowest BCUT2D eigenvalue weighted by molar-refractivity contribution is -0.131. The normalized spacial score (nSPS) is 11.7. The molecule has 0 aromatic heterocycles. The van der Waals surface area contributed by atoms with Crippen molar-refractivity contribution < 1.29 is 39.6 Å². The number of thiol groups is 4. The second kappa shape index (κ2) is 16.6. The molecule has 6 N–H and O–H groups in total. The number of carbonyl (C=O) groups is 1. The average Bonchev–Trinajstić information content (AvgIpc) is 2.66. The zero-order valence-electron chi connectivity index (χ0n) is 14.9. The van der Waals surface area contributed by atoms with E-state index in [1.165, 1.54) is 0 Å². The third-order valence-electron chi connectivity index (χ3n) is 3.87. The fraction of sp³-hybridized carbons (Fsp3) is 0.929. The van der Waals surface area contributed by atoms with Crippen LogP contribution in [0.5, 0.6) is 0 Å². The summed E-state index contributed by atoms with van der Waals surface area (Å²) in [5.74, 6) is -0.712. The smallest absolute Gasteiger partial charge is 0.354 e. The third kappa shape index (κ3) is 12.9. The number of aliphatic hydroxyl groups is 6. The van der Waals surface area contributed by atoms with E-state index in [4.69, 9.17) is 30.6 Å². The summed E-state index contributed by atoms with van der Waals surface area (Å²) >= 11 is 14.1. The molecule has 0 saturated carbocycles. The minimum absolute atomic E-state index is 0.156. The summed E-state index contributed by atoms with van der Waals surface area (Å²) < 4.78 is 2.60. The van der Waals surface area contributed by atoms with Crippen LogP contribution in [0.1, 0.15) is 26.7 Å². The third-order valence-corrected chi connectivity index (χ3v) is 4.58. The van der Waals surface area contributed by atoms with Gasteiger partial charge in [0.25, 0.3) is 0 Å². The first-order valence-corrected chi connectivity index (χ1v) is 9.36. The highest BCUT2D eigenvalue weighted by Gasteiger charge is 2.26. The predicted octanol–water partition coefficient (Wildman–Crippen LogP) is -0.463. The van der Waals surface area contributed by atoms with Gasteiger partial charge >= 0.3 is 5.97 Å². The molecule has 0 aromatic rings. The predicted molar refractivity (Wildman–Crippen MR) is 113 cm³/mol. The molecule has 0 spiro atoms. The van der Waals surface area contributed by atoms with Crippen LogP contribution in [0.2, 0.25) is 0 Å². The van der Waals surface area contributed by atoms with Gasteiger partial charge < -0.3 is 34.8 Å². The molecule has 0 aliphatic rings. The monoisotopic (exact) mass is 456 g/mol. The van der Waals surface area contributed by atoms with E-state index in [0.29, 0.717) is 12.8 Å². The van der Waals surface area contributed by atoms with Gasteiger partial charge in [-0.2, -0.15) is 0 Å². The summed E-state index contributed by atoms with van der Waals surface area (Å²) in [7, 11) is 0. The standard InChI is InChI=1S/2C6H14O3.C2H4O2S4/c2*1-2-6(3-7,4-8)5-9;3-1(4-8)2(5,6)7/h2*7-9H,2-5H2,1H3;5-8H. The minimum atomic E-state index is -1.35. The Kier molecular flexibility index (Phi) is 20.0. The van der Waals surface area contributed by atoms with Gasteiger partial charge in [-0.1, -0.05) is 13.8 Å². The lowest BCUT2D eigenvalue weighted by Crippen LogP contribution is -2.32. The van der Waals surface area contributed by atoms with Crippen molar-refractivity contribution in [3.63, 3.8) is 0 Å². The molecule has 8 nitrogen and oxygen atoms in total. The van der Waals surface area contributed by atoms with Crippen molar-refractivity contribution in [3.8, 4) is 0 Å². The van der Waals surface area contributed by atoms with Crippen LogP contribution < -0.4 is 0 Å². The molecule has 0 saturated heterocycles. The Labute approximate surface area is 176 Å². The molecule has 0 unspecified atom stereocenters. The van der Waals surface area contributed by atoms with Crippen LogP contribution in [-0.4, -0.2) is 79.7 Å². The maximum atomic E-state index is 10.3. The molecule has 0 amide bonds. The zero-order valence-corrected chi connectivity index (χ0v) is 18.5. The highest BCUT2D eigenvalue weighted by atomic mass is 32.2. The Bertz CT molecular complexity index is 289. The van der Waals surface area contributed by atoms with Crippen molar-refractivity contribution in [2.45, 2.75) is 30.1 Å². The average molecular weight is 457 g/mol. The van der Waals surface area contributed by atoms with Crippen molar-refractivity contribution in [3.05, 3.63) is 0 Å². The first-order valence-electron chi connectivity index (χ1n) is 7.65. The largest absolute Gasteiger partial charge is 0.396 e. The van der Waals surface area contributed by atoms with Gasteiger partial charge in [0.15, 0.2) is 3.41 Å². The van der Waals surface area contributed by atoms with Crippen molar-refractivity contribution in [1.82, 2.24) is 0 Å². The SMILES string of the molecule is CCC(CO)(CO)CO.CCC(CO)(CO)CO.O=C(OS)C(S)(S)S. The molecule has 0 fully saturated rings. The van der Waals surface area contributed by atoms with E-state index >= 15 is 0 Å². The van der Waals surface area contributed by atoms with E-state index in [1.807, 2.05) is 13.8 Å². The van der Waals surface area contributed by atoms with Gasteiger partial charge in [0.2, 0.25) is 0 Å². The second-order valence-electron chi connectivity index (χ2n) is 5.67. The summed E-state index contributed by atoms with van der Waals surface area (Å²) in [6, 6.07) is 0. The molecule has 0 aliphatic heterocycles. The molecule has 0 aliphatic carbocycles. The van der Waals surface area contributed by atoms with Crippen LogP contribution in [-0.2, 0) is 8.98 Å². The van der Waals surface area contributed by atoms with Crippen molar-refractivity contribution in [2.75, 3.05) is 39.6 Å². The number of rotatable bonds is 9. The first kappa shape index (κ1) is 31.3. The van der Waals surface area contributed by atoms with E-state index in [9.17, 15) is 4.79 Å². The Morgan fingerprint density at radius 1 is 0.731 bits per heavy atom. The highest BCUT2D eigenvalue weighted by molar-refractivity contribution is 8.18. The van der Waals surface area contributed by atoms with Crippen LogP contribution in [0.3, 0.4) is 0 Å². The maximum absolute atomic E-state index is 10.3. The Hall–Kier alpha value is 0.630. The lowest BCUT2D eigenvalue weighted by Gasteiger charge is -2.24.